The van der Waals surface area contributed by atoms with Crippen LogP contribution in [0.25, 0.3) is 0 Å². The average Bonchev–Trinajstić information content (AvgIpc) is 2.67. The molecule has 1 heterocycles. The standard InChI is InChI=1S/C7H9N3O.H3N/c8-5-1-4(5)6-2-7(11)10-3-9-6;/h2-5H,1,8H2,(H,9,10,11);1H3. The van der Waals surface area contributed by atoms with Gasteiger partial charge in [-0.05, 0) is 6.42 Å². The SMILES string of the molecule is N.NC1CC1c1cc(=O)[nH]cn1. The van der Waals surface area contributed by atoms with Gasteiger partial charge in [0, 0.05) is 18.0 Å². The van der Waals surface area contributed by atoms with Crippen molar-refractivity contribution in [3.05, 3.63) is 28.4 Å². The Bertz CT molecular complexity index is 321. The van der Waals surface area contributed by atoms with E-state index in [1.165, 1.54) is 12.4 Å². The summed E-state index contributed by atoms with van der Waals surface area (Å²) in [4.78, 5) is 17.3. The van der Waals surface area contributed by atoms with Crippen molar-refractivity contribution in [1.82, 2.24) is 16.1 Å². The number of H-pyrrole nitrogens is 1. The van der Waals surface area contributed by atoms with Gasteiger partial charge in [-0.15, -0.1) is 0 Å². The molecular formula is C7H12N4O. The first-order valence-corrected chi connectivity index (χ1v) is 3.57. The van der Waals surface area contributed by atoms with E-state index < -0.39 is 0 Å². The van der Waals surface area contributed by atoms with Crippen LogP contribution in [0.4, 0.5) is 0 Å². The van der Waals surface area contributed by atoms with Gasteiger partial charge < -0.3 is 16.9 Å². The number of nitrogens with two attached hydrogens (primary N) is 1. The van der Waals surface area contributed by atoms with Gasteiger partial charge in [0.15, 0.2) is 0 Å². The predicted molar refractivity (Wildman–Crippen MR) is 45.2 cm³/mol. The molecule has 2 unspecified atom stereocenters. The van der Waals surface area contributed by atoms with Gasteiger partial charge in [0.25, 0.3) is 5.56 Å². The molecule has 6 N–H and O–H groups in total. The number of rotatable bonds is 1. The summed E-state index contributed by atoms with van der Waals surface area (Å²) in [5, 5.41) is 0. The van der Waals surface area contributed by atoms with Crippen molar-refractivity contribution >= 4 is 0 Å². The van der Waals surface area contributed by atoms with Gasteiger partial charge in [0.2, 0.25) is 0 Å². The molecule has 1 aromatic heterocycles. The Kier molecular flexibility index (Phi) is 2.25. The molecule has 0 saturated heterocycles. The maximum atomic E-state index is 10.8. The summed E-state index contributed by atoms with van der Waals surface area (Å²) in [7, 11) is 0. The first-order valence-electron chi connectivity index (χ1n) is 3.57. The molecule has 0 aromatic carbocycles. The van der Waals surface area contributed by atoms with Gasteiger partial charge in [-0.2, -0.15) is 0 Å². The van der Waals surface area contributed by atoms with Crippen molar-refractivity contribution in [1.29, 1.82) is 0 Å². The molecule has 12 heavy (non-hydrogen) atoms. The smallest absolute Gasteiger partial charge is 0.250 e. The molecule has 5 nitrogen and oxygen atoms in total. The summed E-state index contributed by atoms with van der Waals surface area (Å²) in [5.74, 6) is 0.317. The molecular weight excluding hydrogens is 156 g/mol. The van der Waals surface area contributed by atoms with Crippen LogP contribution in [0.5, 0.6) is 0 Å². The molecule has 1 fully saturated rings. The minimum Gasteiger partial charge on any atom is -0.344 e. The van der Waals surface area contributed by atoms with E-state index in [1.54, 1.807) is 0 Å². The molecule has 66 valence electrons. The summed E-state index contributed by atoms with van der Waals surface area (Å²) in [6, 6.07) is 1.72. The molecule has 2 rings (SSSR count). The van der Waals surface area contributed by atoms with Gasteiger partial charge in [-0.1, -0.05) is 0 Å². The number of nitrogens with zero attached hydrogens (tertiary/aromatic N) is 1. The quantitative estimate of drug-likeness (QED) is 0.537. The Morgan fingerprint density at radius 3 is 2.83 bits per heavy atom. The summed E-state index contributed by atoms with van der Waals surface area (Å²) >= 11 is 0. The number of hydrogen-bond donors (Lipinski definition) is 3. The van der Waals surface area contributed by atoms with E-state index in [0.717, 1.165) is 12.1 Å². The van der Waals surface area contributed by atoms with E-state index in [0.29, 0.717) is 5.92 Å². The number of aromatic amines is 1. The topological polar surface area (TPSA) is 107 Å². The minimum atomic E-state index is -0.103. The summed E-state index contributed by atoms with van der Waals surface area (Å²) in [6.07, 6.45) is 2.37. The fourth-order valence-electron chi connectivity index (χ4n) is 1.14. The predicted octanol–water partition coefficient (Wildman–Crippen LogP) is -0.254. The van der Waals surface area contributed by atoms with E-state index >= 15 is 0 Å². The fraction of sp³-hybridized carbons (Fsp3) is 0.429. The van der Waals surface area contributed by atoms with Crippen LogP contribution in [0.3, 0.4) is 0 Å². The summed E-state index contributed by atoms with van der Waals surface area (Å²) < 4.78 is 0. The van der Waals surface area contributed by atoms with Gasteiger partial charge in [0.05, 0.1) is 12.0 Å². The highest BCUT2D eigenvalue weighted by Gasteiger charge is 2.36. The highest BCUT2D eigenvalue weighted by molar-refractivity contribution is 5.18. The normalized spacial score (nSPS) is 26.1. The lowest BCUT2D eigenvalue weighted by molar-refractivity contribution is 0.919. The van der Waals surface area contributed by atoms with Crippen LogP contribution in [-0.4, -0.2) is 16.0 Å². The van der Waals surface area contributed by atoms with Crippen LogP contribution in [0.15, 0.2) is 17.2 Å². The zero-order chi connectivity index (χ0) is 7.84. The molecule has 1 saturated carbocycles. The van der Waals surface area contributed by atoms with Crippen LogP contribution in [0.2, 0.25) is 0 Å². The molecule has 2 atom stereocenters. The molecule has 1 aromatic rings. The third kappa shape index (κ3) is 1.51. The third-order valence-corrected chi connectivity index (χ3v) is 1.92. The fourth-order valence-corrected chi connectivity index (χ4v) is 1.14. The molecule has 1 aliphatic rings. The van der Waals surface area contributed by atoms with E-state index in [4.69, 9.17) is 5.73 Å². The Morgan fingerprint density at radius 2 is 2.33 bits per heavy atom. The first-order chi connectivity index (χ1) is 5.27. The highest BCUT2D eigenvalue weighted by Crippen LogP contribution is 2.36. The third-order valence-electron chi connectivity index (χ3n) is 1.92. The first kappa shape index (κ1) is 8.89. The maximum Gasteiger partial charge on any atom is 0.250 e. The van der Waals surface area contributed by atoms with Crippen LogP contribution < -0.4 is 17.4 Å². The zero-order valence-electron chi connectivity index (χ0n) is 6.66. The van der Waals surface area contributed by atoms with Crippen molar-refractivity contribution < 1.29 is 0 Å². The Labute approximate surface area is 69.6 Å². The van der Waals surface area contributed by atoms with Gasteiger partial charge in [0.1, 0.15) is 0 Å². The Balaban J connectivity index is 0.000000720. The number of nitrogens with one attached hydrogen (secondary N) is 1. The Morgan fingerprint density at radius 1 is 1.67 bits per heavy atom. The van der Waals surface area contributed by atoms with Gasteiger partial charge in [-0.25, -0.2) is 4.98 Å². The van der Waals surface area contributed by atoms with Crippen LogP contribution in [0.1, 0.15) is 18.0 Å². The Hall–Kier alpha value is -1.20. The van der Waals surface area contributed by atoms with E-state index in [1.807, 2.05) is 0 Å². The number of aromatic nitrogens is 2. The van der Waals surface area contributed by atoms with Crippen LogP contribution >= 0.6 is 0 Å². The lowest BCUT2D eigenvalue weighted by Gasteiger charge is -1.93. The second-order valence-electron chi connectivity index (χ2n) is 2.84. The van der Waals surface area contributed by atoms with E-state index in [9.17, 15) is 4.79 Å². The van der Waals surface area contributed by atoms with Gasteiger partial charge >= 0.3 is 0 Å². The van der Waals surface area contributed by atoms with Crippen molar-refractivity contribution in [2.24, 2.45) is 5.73 Å². The number of hydrogen-bond acceptors (Lipinski definition) is 4. The zero-order valence-corrected chi connectivity index (χ0v) is 6.66. The molecule has 0 bridgehead atoms. The molecule has 0 aliphatic heterocycles. The van der Waals surface area contributed by atoms with Crippen molar-refractivity contribution in [2.75, 3.05) is 0 Å². The van der Waals surface area contributed by atoms with Crippen molar-refractivity contribution in [3.63, 3.8) is 0 Å². The average molecular weight is 168 g/mol. The van der Waals surface area contributed by atoms with E-state index in [2.05, 4.69) is 9.97 Å². The minimum absolute atomic E-state index is 0. The van der Waals surface area contributed by atoms with Crippen LogP contribution in [0, 0.1) is 0 Å². The lowest BCUT2D eigenvalue weighted by atomic mass is 10.3. The molecule has 5 heteroatoms. The lowest BCUT2D eigenvalue weighted by Crippen LogP contribution is -2.08. The molecule has 0 amide bonds. The van der Waals surface area contributed by atoms with Crippen molar-refractivity contribution in [2.45, 2.75) is 18.4 Å². The second-order valence-corrected chi connectivity index (χ2v) is 2.84. The molecule has 0 spiro atoms. The monoisotopic (exact) mass is 168 g/mol. The molecule has 1 aliphatic carbocycles. The summed E-state index contributed by atoms with van der Waals surface area (Å²) in [5.41, 5.74) is 6.31. The highest BCUT2D eigenvalue weighted by atomic mass is 16.1. The van der Waals surface area contributed by atoms with Crippen LogP contribution in [-0.2, 0) is 0 Å². The van der Waals surface area contributed by atoms with E-state index in [-0.39, 0.29) is 17.8 Å². The van der Waals surface area contributed by atoms with Gasteiger partial charge in [-0.3, -0.25) is 4.79 Å². The second kappa shape index (κ2) is 3.04. The summed E-state index contributed by atoms with van der Waals surface area (Å²) in [6.45, 7) is 0. The maximum absolute atomic E-state index is 10.8. The molecule has 0 radical (unpaired) electrons. The largest absolute Gasteiger partial charge is 0.344 e. The van der Waals surface area contributed by atoms with Crippen molar-refractivity contribution in [3.8, 4) is 0 Å².